The summed E-state index contributed by atoms with van der Waals surface area (Å²) < 4.78 is 5.40. The van der Waals surface area contributed by atoms with Crippen molar-refractivity contribution in [1.29, 1.82) is 0 Å². The van der Waals surface area contributed by atoms with Gasteiger partial charge in [-0.25, -0.2) is 4.79 Å². The van der Waals surface area contributed by atoms with Crippen LogP contribution in [0.2, 0.25) is 0 Å². The number of alkyl carbamates (subject to hydrolysis) is 1. The fourth-order valence-electron chi connectivity index (χ4n) is 4.63. The largest absolute Gasteiger partial charge is 0.507 e. The third-order valence-corrected chi connectivity index (χ3v) is 6.76. The summed E-state index contributed by atoms with van der Waals surface area (Å²) in [6.45, 7) is 16.7. The number of phenols is 1. The first kappa shape index (κ1) is 35.7. The first-order valence-electron chi connectivity index (χ1n) is 14.7. The second-order valence-corrected chi connectivity index (χ2v) is 12.4. The molecule has 10 nitrogen and oxygen atoms in total. The van der Waals surface area contributed by atoms with E-state index in [4.69, 9.17) is 10.5 Å². The lowest BCUT2D eigenvalue weighted by Crippen LogP contribution is -2.56. The van der Waals surface area contributed by atoms with Crippen LogP contribution in [0.25, 0.3) is 0 Å². The monoisotopic (exact) mass is 576 g/mol. The van der Waals surface area contributed by atoms with Crippen molar-refractivity contribution in [2.75, 3.05) is 0 Å². The lowest BCUT2D eigenvalue weighted by molar-refractivity contribution is -0.145. The van der Waals surface area contributed by atoms with Crippen LogP contribution in [-0.4, -0.2) is 57.5 Å². The molecule has 4 unspecified atom stereocenters. The first-order chi connectivity index (χ1) is 19.0. The Kier molecular flexibility index (Phi) is 14.1. The van der Waals surface area contributed by atoms with E-state index in [-0.39, 0.29) is 30.2 Å². The summed E-state index contributed by atoms with van der Waals surface area (Å²) in [7, 11) is 0. The third kappa shape index (κ3) is 12.0. The van der Waals surface area contributed by atoms with Gasteiger partial charge in [0.25, 0.3) is 0 Å². The SMILES string of the molecule is CCCC(C)NC(=O)C(c1cccc(C)c1O)N(C(=O)C(CCC(N)=O)NC(=O)OC(C)(C)C)C(C)CCC(C)C. The number of nitrogens with two attached hydrogens (primary N) is 1. The lowest BCUT2D eigenvalue weighted by atomic mass is 9.94. The summed E-state index contributed by atoms with van der Waals surface area (Å²) in [5.41, 5.74) is 5.42. The molecule has 0 saturated carbocycles. The van der Waals surface area contributed by atoms with Crippen LogP contribution in [0.4, 0.5) is 4.79 Å². The van der Waals surface area contributed by atoms with Gasteiger partial charge in [-0.15, -0.1) is 0 Å². The van der Waals surface area contributed by atoms with Crippen molar-refractivity contribution < 1.29 is 29.0 Å². The molecule has 0 radical (unpaired) electrons. The van der Waals surface area contributed by atoms with Crippen LogP contribution in [0.5, 0.6) is 5.75 Å². The van der Waals surface area contributed by atoms with Gasteiger partial charge in [-0.1, -0.05) is 45.4 Å². The number of ether oxygens (including phenoxy) is 1. The molecule has 0 spiro atoms. The lowest BCUT2D eigenvalue weighted by Gasteiger charge is -2.39. The molecule has 0 bridgehead atoms. The zero-order valence-electron chi connectivity index (χ0n) is 26.4. The Morgan fingerprint density at radius 1 is 1.00 bits per heavy atom. The van der Waals surface area contributed by atoms with Crippen LogP contribution in [-0.2, 0) is 19.1 Å². The highest BCUT2D eigenvalue weighted by atomic mass is 16.6. The number of benzene rings is 1. The summed E-state index contributed by atoms with van der Waals surface area (Å²) in [5, 5.41) is 16.7. The number of aromatic hydroxyl groups is 1. The molecule has 0 aromatic heterocycles. The number of para-hydroxylation sites is 1. The summed E-state index contributed by atoms with van der Waals surface area (Å²) in [6.07, 6.45) is 1.85. The van der Waals surface area contributed by atoms with Gasteiger partial charge in [-0.2, -0.15) is 0 Å². The predicted octanol–water partition coefficient (Wildman–Crippen LogP) is 4.86. The second-order valence-electron chi connectivity index (χ2n) is 12.4. The van der Waals surface area contributed by atoms with E-state index >= 15 is 0 Å². The smallest absolute Gasteiger partial charge is 0.408 e. The van der Waals surface area contributed by atoms with Crippen LogP contribution in [0.3, 0.4) is 0 Å². The summed E-state index contributed by atoms with van der Waals surface area (Å²) in [6, 6.07) is 2.06. The van der Waals surface area contributed by atoms with Crippen LogP contribution in [0, 0.1) is 12.8 Å². The molecule has 5 N–H and O–H groups in total. The minimum Gasteiger partial charge on any atom is -0.507 e. The molecule has 0 fully saturated rings. The van der Waals surface area contributed by atoms with Gasteiger partial charge in [0, 0.05) is 24.1 Å². The van der Waals surface area contributed by atoms with E-state index in [2.05, 4.69) is 24.5 Å². The second kappa shape index (κ2) is 16.2. The normalized spacial score (nSPS) is 14.5. The molecular formula is C31H52N4O6. The highest BCUT2D eigenvalue weighted by Gasteiger charge is 2.40. The number of aryl methyl sites for hydroxylation is 1. The van der Waals surface area contributed by atoms with Crippen molar-refractivity contribution in [2.24, 2.45) is 11.7 Å². The Morgan fingerprint density at radius 3 is 2.17 bits per heavy atom. The molecule has 4 atom stereocenters. The molecule has 10 heteroatoms. The average Bonchev–Trinajstić information content (AvgIpc) is 2.84. The van der Waals surface area contributed by atoms with Gasteiger partial charge in [0.2, 0.25) is 17.7 Å². The van der Waals surface area contributed by atoms with E-state index in [1.807, 2.05) is 20.8 Å². The average molecular weight is 577 g/mol. The predicted molar refractivity (Wildman–Crippen MR) is 160 cm³/mol. The topological polar surface area (TPSA) is 151 Å². The van der Waals surface area contributed by atoms with Crippen LogP contribution < -0.4 is 16.4 Å². The minimum atomic E-state index is -1.20. The van der Waals surface area contributed by atoms with E-state index in [9.17, 15) is 24.3 Å². The van der Waals surface area contributed by atoms with E-state index in [1.165, 1.54) is 4.90 Å². The maximum Gasteiger partial charge on any atom is 0.408 e. The zero-order chi connectivity index (χ0) is 31.5. The van der Waals surface area contributed by atoms with Gasteiger partial charge >= 0.3 is 6.09 Å². The number of carbonyl (C=O) groups excluding carboxylic acids is 4. The maximum atomic E-state index is 14.4. The van der Waals surface area contributed by atoms with Crippen LogP contribution >= 0.6 is 0 Å². The van der Waals surface area contributed by atoms with Gasteiger partial charge in [0.15, 0.2) is 0 Å². The third-order valence-electron chi connectivity index (χ3n) is 6.76. The molecule has 1 aromatic rings. The van der Waals surface area contributed by atoms with E-state index in [0.29, 0.717) is 17.9 Å². The molecule has 0 saturated heterocycles. The van der Waals surface area contributed by atoms with Gasteiger partial charge in [0.1, 0.15) is 23.4 Å². The van der Waals surface area contributed by atoms with E-state index < -0.39 is 47.5 Å². The summed E-state index contributed by atoms with van der Waals surface area (Å²) in [5.74, 6) is -1.39. The molecule has 232 valence electrons. The van der Waals surface area contributed by atoms with Gasteiger partial charge in [0.05, 0.1) is 0 Å². The summed E-state index contributed by atoms with van der Waals surface area (Å²) in [4.78, 5) is 54.3. The van der Waals surface area contributed by atoms with E-state index in [1.54, 1.807) is 45.9 Å². The fourth-order valence-corrected chi connectivity index (χ4v) is 4.63. The number of primary amides is 1. The fraction of sp³-hybridized carbons (Fsp3) is 0.677. The van der Waals surface area contributed by atoms with Crippen molar-refractivity contribution in [3.05, 3.63) is 29.3 Å². The van der Waals surface area contributed by atoms with Gasteiger partial charge < -0.3 is 31.1 Å². The molecule has 0 aliphatic heterocycles. The number of nitrogens with one attached hydrogen (secondary N) is 2. The Labute approximate surface area is 245 Å². The van der Waals surface area contributed by atoms with Gasteiger partial charge in [-0.3, -0.25) is 14.4 Å². The molecule has 0 heterocycles. The standard InChI is InChI=1S/C31H52N4O6/c1-10-12-21(5)33-28(38)26(23-14-11-13-20(4)27(23)37)35(22(6)16-15-19(2)3)29(39)24(17-18-25(32)36)34-30(40)41-31(7,8)9/h11,13-14,19,21-22,24,26,37H,10,12,15-18H2,1-9H3,(H2,32,36)(H,33,38)(H,34,40). The minimum absolute atomic E-state index is 0.0822. The van der Waals surface area contributed by atoms with Crippen LogP contribution in [0.15, 0.2) is 18.2 Å². The Bertz CT molecular complexity index is 1040. The van der Waals surface area contributed by atoms with Gasteiger partial charge in [-0.05, 0) is 78.7 Å². The molecular weight excluding hydrogens is 524 g/mol. The number of nitrogens with zero attached hydrogens (tertiary/aromatic N) is 1. The van der Waals surface area contributed by atoms with Crippen molar-refractivity contribution in [3.63, 3.8) is 0 Å². The number of hydrogen-bond donors (Lipinski definition) is 4. The number of rotatable bonds is 15. The van der Waals surface area contributed by atoms with Crippen molar-refractivity contribution >= 4 is 23.8 Å². The first-order valence-corrected chi connectivity index (χ1v) is 14.7. The van der Waals surface area contributed by atoms with Crippen molar-refractivity contribution in [2.45, 2.75) is 131 Å². The molecule has 0 aliphatic rings. The highest BCUT2D eigenvalue weighted by molar-refractivity contribution is 5.93. The molecule has 1 rings (SSSR count). The molecule has 0 aliphatic carbocycles. The zero-order valence-corrected chi connectivity index (χ0v) is 26.4. The number of hydrogen-bond acceptors (Lipinski definition) is 6. The summed E-state index contributed by atoms with van der Waals surface area (Å²) >= 11 is 0. The van der Waals surface area contributed by atoms with Crippen molar-refractivity contribution in [1.82, 2.24) is 15.5 Å². The van der Waals surface area contributed by atoms with Crippen LogP contribution in [0.1, 0.15) is 111 Å². The Morgan fingerprint density at radius 2 is 1.63 bits per heavy atom. The Hall–Kier alpha value is -3.30. The molecule has 4 amide bonds. The van der Waals surface area contributed by atoms with E-state index in [0.717, 1.165) is 19.3 Å². The van der Waals surface area contributed by atoms with Crippen molar-refractivity contribution in [3.8, 4) is 5.75 Å². The molecule has 41 heavy (non-hydrogen) atoms. The Balaban J connectivity index is 3.74. The quantitative estimate of drug-likeness (QED) is 0.234. The highest BCUT2D eigenvalue weighted by Crippen LogP contribution is 2.35. The number of carbonyl (C=O) groups is 4. The number of phenolic OH excluding ortho intramolecular Hbond substituents is 1. The maximum absolute atomic E-state index is 14.4. The molecule has 1 aromatic carbocycles. The number of amides is 4.